The van der Waals surface area contributed by atoms with Gasteiger partial charge in [-0.3, -0.25) is 5.41 Å². The lowest BCUT2D eigenvalue weighted by Crippen LogP contribution is -2.21. The lowest BCUT2D eigenvalue weighted by Gasteiger charge is -2.00. The van der Waals surface area contributed by atoms with Crippen molar-refractivity contribution in [3.05, 3.63) is 11.1 Å². The zero-order chi connectivity index (χ0) is 12.7. The van der Waals surface area contributed by atoms with Crippen LogP contribution in [0.15, 0.2) is 10.4 Å². The van der Waals surface area contributed by atoms with E-state index in [0.29, 0.717) is 17.5 Å². The number of rotatable bonds is 6. The first-order valence-corrected chi connectivity index (χ1v) is 6.88. The number of guanidine groups is 1. The average molecular weight is 276 g/mol. The molecule has 6 nitrogen and oxygen atoms in total. The minimum Gasteiger partial charge on any atom is -0.484 e. The molecule has 8 heteroatoms. The van der Waals surface area contributed by atoms with Crippen LogP contribution < -0.4 is 11.5 Å². The molecule has 0 bridgehead atoms. The molecule has 0 saturated carbocycles. The number of nitrogens with zero attached hydrogens (tertiary/aromatic N) is 2. The molecule has 0 saturated heterocycles. The predicted octanol–water partition coefficient (Wildman–Crippen LogP) is 1.29. The first-order valence-electron chi connectivity index (χ1n) is 4.85. The second-order valence-electron chi connectivity index (χ2n) is 3.09. The summed E-state index contributed by atoms with van der Waals surface area (Å²) in [5.74, 6) is 1.94. The normalized spacial score (nSPS) is 9.94. The molecule has 1 rings (SSSR count). The molecule has 1 aromatic rings. The van der Waals surface area contributed by atoms with E-state index in [9.17, 15) is 0 Å². The summed E-state index contributed by atoms with van der Waals surface area (Å²) in [6, 6.07) is 0. The molecule has 1 aromatic heterocycles. The van der Waals surface area contributed by atoms with Gasteiger partial charge in [0.1, 0.15) is 0 Å². The Bertz CT molecular complexity index is 400. The Labute approximate surface area is 108 Å². The van der Waals surface area contributed by atoms with Crippen molar-refractivity contribution in [2.45, 2.75) is 12.2 Å². The fourth-order valence-corrected chi connectivity index (χ4v) is 2.61. The highest BCUT2D eigenvalue weighted by Gasteiger charge is 2.02. The molecule has 0 amide bonds. The van der Waals surface area contributed by atoms with E-state index >= 15 is 0 Å². The highest BCUT2D eigenvalue weighted by molar-refractivity contribution is 7.98. The molecule has 0 unspecified atom stereocenters. The molecule has 94 valence electrons. The minimum absolute atomic E-state index is 0.0205. The first-order chi connectivity index (χ1) is 8.11. The Morgan fingerprint density at radius 2 is 2.41 bits per heavy atom. The van der Waals surface area contributed by atoms with Gasteiger partial charge in [-0.1, -0.05) is 0 Å². The largest absolute Gasteiger partial charge is 0.484 e. The quantitative estimate of drug-likeness (QED) is 0.314. The van der Waals surface area contributed by atoms with E-state index in [-0.39, 0.29) is 5.96 Å². The number of thioether (sulfide) groups is 1. The average Bonchev–Trinajstić information content (AvgIpc) is 2.70. The third-order valence-corrected chi connectivity index (χ3v) is 3.51. The number of nitrogens with two attached hydrogens (primary N) is 2. The third kappa shape index (κ3) is 5.55. The molecule has 0 aromatic carbocycles. The van der Waals surface area contributed by atoms with Gasteiger partial charge in [-0.15, -0.1) is 11.3 Å². The summed E-state index contributed by atoms with van der Waals surface area (Å²) in [7, 11) is 1.51. The smallest absolute Gasteiger partial charge is 0.212 e. The third-order valence-electron chi connectivity index (χ3n) is 1.73. The Kier molecular flexibility index (Phi) is 5.78. The van der Waals surface area contributed by atoms with Crippen LogP contribution in [0.2, 0.25) is 0 Å². The number of ether oxygens (including phenoxy) is 1. The molecule has 17 heavy (non-hydrogen) atoms. The molecular weight excluding hydrogens is 261 g/mol. The van der Waals surface area contributed by atoms with Crippen molar-refractivity contribution in [3.8, 4) is 0 Å². The number of thiazole rings is 1. The van der Waals surface area contributed by atoms with Gasteiger partial charge < -0.3 is 16.2 Å². The molecule has 5 N–H and O–H groups in total. The Morgan fingerprint density at radius 3 is 3.06 bits per heavy atom. The Hall–Kier alpha value is -1.28. The van der Waals surface area contributed by atoms with Crippen LogP contribution in [0.1, 0.15) is 12.1 Å². The summed E-state index contributed by atoms with van der Waals surface area (Å²) in [6.07, 6.45) is 0.631. The van der Waals surface area contributed by atoms with Crippen LogP contribution in [0.25, 0.3) is 0 Å². The first kappa shape index (κ1) is 13.8. The number of aromatic nitrogens is 1. The van der Waals surface area contributed by atoms with E-state index in [1.165, 1.54) is 18.4 Å². The van der Waals surface area contributed by atoms with Gasteiger partial charge >= 0.3 is 0 Å². The fourth-order valence-electron chi connectivity index (χ4n) is 0.968. The van der Waals surface area contributed by atoms with Crippen LogP contribution in [-0.4, -0.2) is 29.7 Å². The minimum atomic E-state index is 0.0205. The standard InChI is InChI=1S/C9H15N5OS2/c1-15-7(10)2-3-16-4-6-5-17-9(13-6)14-8(11)12/h5,10H,2-4H2,1H3,(H4,11,12,13,14)/i6+1,8+1,9+1. The molecule has 0 aliphatic rings. The number of nitrogens with one attached hydrogen (secondary N) is 1. The molecule has 0 radical (unpaired) electrons. The van der Waals surface area contributed by atoms with Crippen molar-refractivity contribution in [1.82, 2.24) is 4.98 Å². The predicted molar refractivity (Wildman–Crippen MR) is 73.1 cm³/mol. The maximum atomic E-state index is 7.31. The van der Waals surface area contributed by atoms with Crippen molar-refractivity contribution < 1.29 is 4.74 Å². The van der Waals surface area contributed by atoms with Crippen LogP contribution in [0, 0.1) is 5.41 Å². The van der Waals surface area contributed by atoms with Crippen molar-refractivity contribution in [2.75, 3.05) is 12.9 Å². The lowest BCUT2D eigenvalue weighted by molar-refractivity contribution is 0.389. The summed E-state index contributed by atoms with van der Waals surface area (Å²) in [5.41, 5.74) is 11.5. The van der Waals surface area contributed by atoms with Gasteiger partial charge in [0.25, 0.3) is 0 Å². The van der Waals surface area contributed by atoms with Crippen molar-refractivity contribution in [3.63, 3.8) is 0 Å². The van der Waals surface area contributed by atoms with Crippen LogP contribution in [0.5, 0.6) is 0 Å². The number of hydrogen-bond acceptors (Lipinski definition) is 6. The summed E-state index contributed by atoms with van der Waals surface area (Å²) >= 11 is 3.10. The molecule has 1 heterocycles. The van der Waals surface area contributed by atoms with Crippen molar-refractivity contribution in [1.29, 1.82) is 5.41 Å². The van der Waals surface area contributed by atoms with Gasteiger partial charge in [-0.05, 0) is 0 Å². The molecular formula is C9H15N5OS2. The maximum absolute atomic E-state index is 7.31. The second-order valence-corrected chi connectivity index (χ2v) is 5.03. The van der Waals surface area contributed by atoms with Gasteiger partial charge in [0.15, 0.2) is 11.9 Å². The van der Waals surface area contributed by atoms with Gasteiger partial charge in [0, 0.05) is 23.3 Å². The second kappa shape index (κ2) is 7.13. The van der Waals surface area contributed by atoms with Gasteiger partial charge in [0.2, 0.25) is 5.13 Å². The van der Waals surface area contributed by atoms with Crippen LogP contribution >= 0.6 is 23.1 Å². The summed E-state index contributed by atoms with van der Waals surface area (Å²) in [5, 5.41) is 9.81. The van der Waals surface area contributed by atoms with E-state index in [1.54, 1.807) is 11.8 Å². The van der Waals surface area contributed by atoms with Crippen LogP contribution in [0.4, 0.5) is 5.13 Å². The number of aliphatic imine (C=N–C) groups is 1. The van der Waals surface area contributed by atoms with E-state index in [2.05, 4.69) is 9.98 Å². The summed E-state index contributed by atoms with van der Waals surface area (Å²) < 4.78 is 4.76. The van der Waals surface area contributed by atoms with E-state index in [0.717, 1.165) is 17.2 Å². The van der Waals surface area contributed by atoms with Crippen molar-refractivity contribution in [2.24, 2.45) is 16.5 Å². The van der Waals surface area contributed by atoms with Crippen molar-refractivity contribution >= 4 is 40.1 Å². The van der Waals surface area contributed by atoms with E-state index in [1.807, 2.05) is 5.38 Å². The van der Waals surface area contributed by atoms with Gasteiger partial charge in [-0.25, -0.2) is 4.98 Å². The lowest BCUT2D eigenvalue weighted by atomic mass is 10.5. The Morgan fingerprint density at radius 1 is 1.65 bits per heavy atom. The number of hydrogen-bond donors (Lipinski definition) is 3. The molecule has 0 spiro atoms. The van der Waals surface area contributed by atoms with Crippen LogP contribution in [-0.2, 0) is 10.5 Å². The highest BCUT2D eigenvalue weighted by Crippen LogP contribution is 2.21. The van der Waals surface area contributed by atoms with Gasteiger partial charge in [-0.2, -0.15) is 16.8 Å². The topological polar surface area (TPSA) is 110 Å². The molecule has 0 aliphatic heterocycles. The van der Waals surface area contributed by atoms with Gasteiger partial charge in [0.05, 0.1) is 12.8 Å². The zero-order valence-electron chi connectivity index (χ0n) is 9.47. The summed E-state index contributed by atoms with van der Waals surface area (Å²) in [6.45, 7) is 0. The Balaban J connectivity index is 2.30. The molecule has 0 aliphatic carbocycles. The highest BCUT2D eigenvalue weighted by atomic mass is 32.2. The van der Waals surface area contributed by atoms with Crippen LogP contribution in [0.3, 0.4) is 0 Å². The van der Waals surface area contributed by atoms with E-state index in [4.69, 9.17) is 21.6 Å². The SMILES string of the molecule is COC(=N)CCSC[13c]1cs[13c](N=[13C](N)N)n1. The molecule has 0 atom stereocenters. The zero-order valence-corrected chi connectivity index (χ0v) is 11.1. The maximum Gasteiger partial charge on any atom is 0.212 e. The monoisotopic (exact) mass is 276 g/mol. The fraction of sp³-hybridized carbons (Fsp3) is 0.444. The van der Waals surface area contributed by atoms with E-state index < -0.39 is 0 Å². The molecule has 0 fully saturated rings. The number of methoxy groups -OCH3 is 1. The summed E-state index contributed by atoms with van der Waals surface area (Å²) in [4.78, 5) is 8.12.